The van der Waals surface area contributed by atoms with Crippen LogP contribution in [0.3, 0.4) is 0 Å². The molecule has 0 N–H and O–H groups in total. The first-order chi connectivity index (χ1) is 20.4. The van der Waals surface area contributed by atoms with Gasteiger partial charge >= 0.3 is 0 Å². The molecule has 1 fully saturated rings. The summed E-state index contributed by atoms with van der Waals surface area (Å²) in [6.07, 6.45) is 3.64. The van der Waals surface area contributed by atoms with Gasteiger partial charge in [-0.1, -0.05) is 24.6 Å². The number of nitrogens with zero attached hydrogens (tertiary/aromatic N) is 3. The van der Waals surface area contributed by atoms with Gasteiger partial charge < -0.3 is 18.8 Å². The standard InChI is InChI=1S/C32H37N3O5S2/c1-4-40-27-13-11-26(12-14-27)33-32-35(21-18-24-8-17-30(38-2)31(22-24)39-3)29(23-41-32)25-9-15-28(16-10-25)42(36,37)34-19-6-5-7-20-34/h8-17,22-23H,4-7,18-21H2,1-3H3. The molecule has 0 aliphatic carbocycles. The van der Waals surface area contributed by atoms with Crippen molar-refractivity contribution in [1.82, 2.24) is 8.87 Å². The van der Waals surface area contributed by atoms with E-state index in [1.54, 1.807) is 42.0 Å². The molecule has 0 atom stereocenters. The third kappa shape index (κ3) is 6.72. The molecule has 1 aliphatic rings. The van der Waals surface area contributed by atoms with Gasteiger partial charge in [-0.05, 0) is 85.8 Å². The Balaban J connectivity index is 1.48. The van der Waals surface area contributed by atoms with Gasteiger partial charge in [0.1, 0.15) is 5.75 Å². The second-order valence-electron chi connectivity index (χ2n) is 10.0. The number of thiazole rings is 1. The number of aromatic nitrogens is 1. The third-order valence-electron chi connectivity index (χ3n) is 7.35. The van der Waals surface area contributed by atoms with E-state index in [0.717, 1.165) is 58.7 Å². The van der Waals surface area contributed by atoms with E-state index in [9.17, 15) is 8.42 Å². The van der Waals surface area contributed by atoms with Gasteiger partial charge in [-0.15, -0.1) is 11.3 Å². The number of rotatable bonds is 11. The lowest BCUT2D eigenvalue weighted by Crippen LogP contribution is -2.35. The fourth-order valence-corrected chi connectivity index (χ4v) is 7.56. The van der Waals surface area contributed by atoms with Crippen LogP contribution in [0.2, 0.25) is 0 Å². The quantitative estimate of drug-likeness (QED) is 0.200. The number of piperidine rings is 1. The highest BCUT2D eigenvalue weighted by molar-refractivity contribution is 7.89. The van der Waals surface area contributed by atoms with E-state index in [2.05, 4.69) is 9.95 Å². The largest absolute Gasteiger partial charge is 0.494 e. The molecule has 0 saturated carbocycles. The number of benzene rings is 3. The first-order valence-corrected chi connectivity index (χ1v) is 16.5. The van der Waals surface area contributed by atoms with Crippen molar-refractivity contribution in [3.05, 3.63) is 82.5 Å². The zero-order chi connectivity index (χ0) is 29.5. The second-order valence-corrected chi connectivity index (χ2v) is 12.8. The predicted octanol–water partition coefficient (Wildman–Crippen LogP) is 6.28. The van der Waals surface area contributed by atoms with Gasteiger partial charge in [-0.25, -0.2) is 13.4 Å². The number of ether oxygens (including phenoxy) is 3. The van der Waals surface area contributed by atoms with Crippen molar-refractivity contribution in [2.24, 2.45) is 4.99 Å². The summed E-state index contributed by atoms with van der Waals surface area (Å²) in [4.78, 5) is 6.14. The van der Waals surface area contributed by atoms with Crippen LogP contribution in [0.5, 0.6) is 17.2 Å². The number of methoxy groups -OCH3 is 2. The maximum absolute atomic E-state index is 13.2. The minimum atomic E-state index is -3.49. The molecular formula is C32H37N3O5S2. The van der Waals surface area contributed by atoms with Crippen molar-refractivity contribution in [2.75, 3.05) is 33.9 Å². The summed E-state index contributed by atoms with van der Waals surface area (Å²) < 4.78 is 46.7. The Morgan fingerprint density at radius 3 is 2.26 bits per heavy atom. The molecule has 0 bridgehead atoms. The van der Waals surface area contributed by atoms with E-state index >= 15 is 0 Å². The minimum absolute atomic E-state index is 0.333. The Morgan fingerprint density at radius 2 is 1.60 bits per heavy atom. The van der Waals surface area contributed by atoms with Crippen LogP contribution in [0.1, 0.15) is 31.7 Å². The molecule has 0 radical (unpaired) electrons. The summed E-state index contributed by atoms with van der Waals surface area (Å²) in [5.74, 6) is 2.19. The molecule has 4 aromatic rings. The molecule has 42 heavy (non-hydrogen) atoms. The number of aryl methyl sites for hydroxylation is 1. The smallest absolute Gasteiger partial charge is 0.243 e. The molecule has 1 saturated heterocycles. The summed E-state index contributed by atoms with van der Waals surface area (Å²) in [7, 11) is -0.232. The number of hydrogen-bond acceptors (Lipinski definition) is 7. The molecule has 5 rings (SSSR count). The van der Waals surface area contributed by atoms with Crippen LogP contribution in [0.15, 0.2) is 82.0 Å². The summed E-state index contributed by atoms with van der Waals surface area (Å²) in [6, 6.07) is 20.9. The van der Waals surface area contributed by atoms with E-state index in [1.165, 1.54) is 0 Å². The zero-order valence-electron chi connectivity index (χ0n) is 24.3. The lowest BCUT2D eigenvalue weighted by atomic mass is 10.1. The van der Waals surface area contributed by atoms with Crippen LogP contribution < -0.4 is 19.0 Å². The molecule has 1 aliphatic heterocycles. The Morgan fingerprint density at radius 1 is 0.881 bits per heavy atom. The maximum Gasteiger partial charge on any atom is 0.243 e. The SMILES string of the molecule is CCOc1ccc(N=c2scc(-c3ccc(S(=O)(=O)N4CCCCC4)cc3)n2CCc2ccc(OC)c(OC)c2)cc1. The molecular weight excluding hydrogens is 571 g/mol. The van der Waals surface area contributed by atoms with Gasteiger partial charge in [0.25, 0.3) is 0 Å². The molecule has 222 valence electrons. The van der Waals surface area contributed by atoms with Crippen LogP contribution in [-0.4, -0.2) is 51.2 Å². The van der Waals surface area contributed by atoms with Crippen molar-refractivity contribution in [1.29, 1.82) is 0 Å². The lowest BCUT2D eigenvalue weighted by molar-refractivity contribution is 0.340. The zero-order valence-corrected chi connectivity index (χ0v) is 25.9. The van der Waals surface area contributed by atoms with Gasteiger partial charge in [0.2, 0.25) is 10.0 Å². The monoisotopic (exact) mass is 607 g/mol. The van der Waals surface area contributed by atoms with Crippen molar-refractivity contribution in [2.45, 2.75) is 44.0 Å². The summed E-state index contributed by atoms with van der Waals surface area (Å²) in [5, 5.41) is 2.08. The van der Waals surface area contributed by atoms with Gasteiger partial charge in [-0.3, -0.25) is 0 Å². The first-order valence-electron chi connectivity index (χ1n) is 14.2. The van der Waals surface area contributed by atoms with Crippen LogP contribution in [0.4, 0.5) is 5.69 Å². The summed E-state index contributed by atoms with van der Waals surface area (Å²) in [6.45, 7) is 4.40. The number of sulfonamides is 1. The number of hydrogen-bond donors (Lipinski definition) is 0. The van der Waals surface area contributed by atoms with E-state index in [-0.39, 0.29) is 0 Å². The summed E-state index contributed by atoms with van der Waals surface area (Å²) >= 11 is 1.56. The minimum Gasteiger partial charge on any atom is -0.494 e. The summed E-state index contributed by atoms with van der Waals surface area (Å²) in [5.41, 5.74) is 3.85. The Bertz CT molecular complexity index is 1650. The Hall–Kier alpha value is -3.60. The average molecular weight is 608 g/mol. The van der Waals surface area contributed by atoms with Gasteiger partial charge in [0, 0.05) is 25.0 Å². The average Bonchev–Trinajstić information content (AvgIpc) is 3.43. The van der Waals surface area contributed by atoms with Crippen LogP contribution in [0, 0.1) is 0 Å². The van der Waals surface area contributed by atoms with Crippen molar-refractivity contribution in [3.63, 3.8) is 0 Å². The first kappa shape index (κ1) is 29.9. The van der Waals surface area contributed by atoms with Crippen molar-refractivity contribution in [3.8, 4) is 28.5 Å². The van der Waals surface area contributed by atoms with Gasteiger partial charge in [0.15, 0.2) is 16.3 Å². The topological polar surface area (TPSA) is 82.4 Å². The molecule has 3 aromatic carbocycles. The molecule has 10 heteroatoms. The van der Waals surface area contributed by atoms with Gasteiger partial charge in [0.05, 0.1) is 37.1 Å². The normalized spacial score (nSPS) is 14.6. The molecule has 8 nitrogen and oxygen atoms in total. The van der Waals surface area contributed by atoms with E-state index in [1.807, 2.05) is 61.5 Å². The van der Waals surface area contributed by atoms with E-state index < -0.39 is 10.0 Å². The van der Waals surface area contributed by atoms with Crippen molar-refractivity contribution < 1.29 is 22.6 Å². The molecule has 0 unspecified atom stereocenters. The Labute approximate surface area is 251 Å². The molecule has 2 heterocycles. The predicted molar refractivity (Wildman–Crippen MR) is 166 cm³/mol. The van der Waals surface area contributed by atoms with Crippen LogP contribution in [0.25, 0.3) is 11.3 Å². The van der Waals surface area contributed by atoms with E-state index in [0.29, 0.717) is 42.6 Å². The lowest BCUT2D eigenvalue weighted by Gasteiger charge is -2.25. The third-order valence-corrected chi connectivity index (χ3v) is 10.1. The van der Waals surface area contributed by atoms with Crippen LogP contribution >= 0.6 is 11.3 Å². The second kappa shape index (κ2) is 13.6. The highest BCUT2D eigenvalue weighted by atomic mass is 32.2. The van der Waals surface area contributed by atoms with Gasteiger partial charge in [-0.2, -0.15) is 4.31 Å². The highest BCUT2D eigenvalue weighted by Gasteiger charge is 2.26. The highest BCUT2D eigenvalue weighted by Crippen LogP contribution is 2.29. The van der Waals surface area contributed by atoms with Crippen LogP contribution in [-0.2, 0) is 23.0 Å². The molecule has 1 aromatic heterocycles. The molecule has 0 spiro atoms. The van der Waals surface area contributed by atoms with E-state index in [4.69, 9.17) is 19.2 Å². The van der Waals surface area contributed by atoms with Crippen molar-refractivity contribution >= 4 is 27.0 Å². The fourth-order valence-electron chi connectivity index (χ4n) is 5.09. The fraction of sp³-hybridized carbons (Fsp3) is 0.344. The molecule has 0 amide bonds. The maximum atomic E-state index is 13.2. The Kier molecular flexibility index (Phi) is 9.66.